The number of aromatic nitrogens is 2. The molecular weight excluding hydrogens is 178 g/mol. The summed E-state index contributed by atoms with van der Waals surface area (Å²) in [7, 11) is 0. The van der Waals surface area contributed by atoms with Crippen LogP contribution in [0.4, 0.5) is 5.69 Å². The Morgan fingerprint density at radius 2 is 1.79 bits per heavy atom. The normalized spacial score (nSPS) is 11.1. The van der Waals surface area contributed by atoms with Gasteiger partial charge in [0.05, 0.1) is 18.1 Å². The van der Waals surface area contributed by atoms with Crippen molar-refractivity contribution in [2.24, 2.45) is 5.41 Å². The Hall–Kier alpha value is -1.45. The van der Waals surface area contributed by atoms with Gasteiger partial charge < -0.3 is 5.32 Å². The van der Waals surface area contributed by atoms with Crippen molar-refractivity contribution in [3.05, 3.63) is 18.2 Å². The van der Waals surface area contributed by atoms with E-state index in [-0.39, 0.29) is 5.91 Å². The summed E-state index contributed by atoms with van der Waals surface area (Å²) in [5.74, 6) is 0.656. The Kier molecular flexibility index (Phi) is 2.84. The van der Waals surface area contributed by atoms with Gasteiger partial charge in [0.1, 0.15) is 5.82 Å². The van der Waals surface area contributed by atoms with Crippen molar-refractivity contribution in [3.8, 4) is 0 Å². The van der Waals surface area contributed by atoms with Crippen LogP contribution >= 0.6 is 0 Å². The highest BCUT2D eigenvalue weighted by molar-refractivity contribution is 5.94. The van der Waals surface area contributed by atoms with Gasteiger partial charge in [0.2, 0.25) is 5.91 Å². The molecular formula is C10H15N3O. The zero-order valence-electron chi connectivity index (χ0n) is 8.96. The van der Waals surface area contributed by atoms with E-state index in [0.29, 0.717) is 11.5 Å². The number of carbonyl (C=O) groups is 1. The first-order valence-electron chi connectivity index (χ1n) is 4.50. The lowest BCUT2D eigenvalue weighted by Gasteiger charge is -2.17. The molecule has 0 aliphatic heterocycles. The smallest absolute Gasteiger partial charge is 0.229 e. The predicted octanol–water partition coefficient (Wildman–Crippen LogP) is 1.77. The van der Waals surface area contributed by atoms with Gasteiger partial charge >= 0.3 is 0 Å². The number of rotatable bonds is 1. The summed E-state index contributed by atoms with van der Waals surface area (Å²) in [6.07, 6.45) is 3.21. The van der Waals surface area contributed by atoms with Crippen LogP contribution in [0.1, 0.15) is 26.6 Å². The van der Waals surface area contributed by atoms with Gasteiger partial charge in [-0.25, -0.2) is 9.97 Å². The van der Waals surface area contributed by atoms with E-state index in [1.54, 1.807) is 19.3 Å². The molecule has 4 heteroatoms. The first-order valence-corrected chi connectivity index (χ1v) is 4.50. The number of carbonyl (C=O) groups excluding carboxylic acids is 1. The summed E-state index contributed by atoms with van der Waals surface area (Å²) in [6, 6.07) is 0. The maximum Gasteiger partial charge on any atom is 0.229 e. The van der Waals surface area contributed by atoms with E-state index in [0.717, 1.165) is 0 Å². The van der Waals surface area contributed by atoms with Crippen LogP contribution in [0.2, 0.25) is 0 Å². The molecule has 0 aliphatic rings. The number of hydrogen-bond acceptors (Lipinski definition) is 3. The highest BCUT2D eigenvalue weighted by Gasteiger charge is 2.21. The molecule has 0 aliphatic carbocycles. The van der Waals surface area contributed by atoms with Gasteiger partial charge in [0.15, 0.2) is 0 Å². The standard InChI is InChI=1S/C10H15N3O/c1-7-11-5-8(6-12-7)13-9(14)10(2,3)4/h5-6H,1-4H3,(H,13,14). The van der Waals surface area contributed by atoms with E-state index >= 15 is 0 Å². The Morgan fingerprint density at radius 3 is 2.21 bits per heavy atom. The molecule has 1 heterocycles. The Balaban J connectivity index is 2.71. The molecule has 0 aromatic carbocycles. The van der Waals surface area contributed by atoms with Gasteiger partial charge in [-0.15, -0.1) is 0 Å². The molecule has 76 valence electrons. The van der Waals surface area contributed by atoms with Crippen LogP contribution in [0.25, 0.3) is 0 Å². The van der Waals surface area contributed by atoms with Crippen molar-refractivity contribution >= 4 is 11.6 Å². The monoisotopic (exact) mass is 193 g/mol. The van der Waals surface area contributed by atoms with Crippen molar-refractivity contribution < 1.29 is 4.79 Å². The number of nitrogens with one attached hydrogen (secondary N) is 1. The summed E-state index contributed by atoms with van der Waals surface area (Å²) in [4.78, 5) is 19.5. The van der Waals surface area contributed by atoms with Crippen LogP contribution in [-0.4, -0.2) is 15.9 Å². The van der Waals surface area contributed by atoms with Crippen LogP contribution in [0.15, 0.2) is 12.4 Å². The largest absolute Gasteiger partial charge is 0.323 e. The molecule has 0 bridgehead atoms. The number of amides is 1. The predicted molar refractivity (Wildman–Crippen MR) is 54.9 cm³/mol. The van der Waals surface area contributed by atoms with Crippen LogP contribution in [0.3, 0.4) is 0 Å². The lowest BCUT2D eigenvalue weighted by molar-refractivity contribution is -0.123. The van der Waals surface area contributed by atoms with Crippen molar-refractivity contribution in [1.29, 1.82) is 0 Å². The van der Waals surface area contributed by atoms with Gasteiger partial charge in [-0.3, -0.25) is 4.79 Å². The summed E-state index contributed by atoms with van der Waals surface area (Å²) in [5, 5.41) is 2.75. The molecule has 1 rings (SSSR count). The van der Waals surface area contributed by atoms with Gasteiger partial charge in [0.25, 0.3) is 0 Å². The van der Waals surface area contributed by atoms with Crippen molar-refractivity contribution in [2.45, 2.75) is 27.7 Å². The van der Waals surface area contributed by atoms with Crippen LogP contribution in [0, 0.1) is 12.3 Å². The van der Waals surface area contributed by atoms with Gasteiger partial charge in [0, 0.05) is 5.41 Å². The van der Waals surface area contributed by atoms with E-state index < -0.39 is 5.41 Å². The topological polar surface area (TPSA) is 54.9 Å². The molecule has 14 heavy (non-hydrogen) atoms. The molecule has 0 fully saturated rings. The minimum atomic E-state index is -0.398. The maximum absolute atomic E-state index is 11.6. The van der Waals surface area contributed by atoms with Gasteiger partial charge in [-0.1, -0.05) is 20.8 Å². The molecule has 0 spiro atoms. The van der Waals surface area contributed by atoms with Gasteiger partial charge in [-0.05, 0) is 6.92 Å². The van der Waals surface area contributed by atoms with Crippen molar-refractivity contribution in [3.63, 3.8) is 0 Å². The molecule has 0 saturated heterocycles. The number of nitrogens with zero attached hydrogens (tertiary/aromatic N) is 2. The highest BCUT2D eigenvalue weighted by Crippen LogP contribution is 2.16. The third-order valence-electron chi connectivity index (χ3n) is 1.72. The molecule has 0 atom stereocenters. The minimum absolute atomic E-state index is 0.0371. The Morgan fingerprint density at radius 1 is 1.29 bits per heavy atom. The molecule has 0 saturated carbocycles. The summed E-state index contributed by atoms with van der Waals surface area (Å²) in [5.41, 5.74) is 0.237. The number of hydrogen-bond donors (Lipinski definition) is 1. The third kappa shape index (κ3) is 2.80. The quantitative estimate of drug-likeness (QED) is 0.739. The van der Waals surface area contributed by atoms with Gasteiger partial charge in [-0.2, -0.15) is 0 Å². The maximum atomic E-state index is 11.6. The molecule has 1 N–H and O–H groups in total. The molecule has 1 aromatic heterocycles. The fraction of sp³-hybridized carbons (Fsp3) is 0.500. The van der Waals surface area contributed by atoms with Crippen molar-refractivity contribution in [1.82, 2.24) is 9.97 Å². The van der Waals surface area contributed by atoms with E-state index in [4.69, 9.17) is 0 Å². The fourth-order valence-electron chi connectivity index (χ4n) is 0.776. The second-order valence-corrected chi connectivity index (χ2v) is 4.22. The van der Waals surface area contributed by atoms with Crippen LogP contribution in [-0.2, 0) is 4.79 Å². The average molecular weight is 193 g/mol. The van der Waals surface area contributed by atoms with Crippen molar-refractivity contribution in [2.75, 3.05) is 5.32 Å². The summed E-state index contributed by atoms with van der Waals surface area (Å²) < 4.78 is 0. The zero-order valence-corrected chi connectivity index (χ0v) is 8.96. The molecule has 1 aromatic rings. The Labute approximate surface area is 83.8 Å². The van der Waals surface area contributed by atoms with E-state index in [1.165, 1.54) is 0 Å². The second-order valence-electron chi connectivity index (χ2n) is 4.22. The molecule has 4 nitrogen and oxygen atoms in total. The van der Waals surface area contributed by atoms with Crippen LogP contribution < -0.4 is 5.32 Å². The number of aryl methyl sites for hydroxylation is 1. The van der Waals surface area contributed by atoms with E-state index in [2.05, 4.69) is 15.3 Å². The molecule has 1 amide bonds. The second kappa shape index (κ2) is 3.74. The lowest BCUT2D eigenvalue weighted by Crippen LogP contribution is -2.27. The SMILES string of the molecule is Cc1ncc(NC(=O)C(C)(C)C)cn1. The summed E-state index contributed by atoms with van der Waals surface area (Å²) in [6.45, 7) is 7.38. The fourth-order valence-corrected chi connectivity index (χ4v) is 0.776. The highest BCUT2D eigenvalue weighted by atomic mass is 16.2. The summed E-state index contributed by atoms with van der Waals surface area (Å²) >= 11 is 0. The van der Waals surface area contributed by atoms with E-state index in [1.807, 2.05) is 20.8 Å². The first kappa shape index (κ1) is 10.6. The lowest BCUT2D eigenvalue weighted by atomic mass is 9.96. The molecule has 0 unspecified atom stereocenters. The van der Waals surface area contributed by atoms with E-state index in [9.17, 15) is 4.79 Å². The zero-order chi connectivity index (χ0) is 10.8. The Bertz CT molecular complexity index is 324. The third-order valence-corrected chi connectivity index (χ3v) is 1.72. The number of anilines is 1. The van der Waals surface area contributed by atoms with Crippen LogP contribution in [0.5, 0.6) is 0 Å². The first-order chi connectivity index (χ1) is 6.39. The average Bonchev–Trinajstić information content (AvgIpc) is 2.07. The molecule has 0 radical (unpaired) electrons. The minimum Gasteiger partial charge on any atom is -0.323 e.